The van der Waals surface area contributed by atoms with Gasteiger partial charge in [0.1, 0.15) is 0 Å². The minimum atomic E-state index is -1.67. The average Bonchev–Trinajstić information content (AvgIpc) is 2.06. The fourth-order valence-corrected chi connectivity index (χ4v) is 1.39. The van der Waals surface area contributed by atoms with Gasteiger partial charge in [0.15, 0.2) is 0 Å². The van der Waals surface area contributed by atoms with Gasteiger partial charge in [-0.05, 0) is 20.8 Å². The fourth-order valence-electron chi connectivity index (χ4n) is 0.814. The monoisotopic (exact) mass is 224 g/mol. The van der Waals surface area contributed by atoms with E-state index < -0.39 is 9.53 Å². The van der Waals surface area contributed by atoms with Crippen LogP contribution in [0.4, 0.5) is 0 Å². The largest absolute Gasteiger partial charge is 0.483 e. The van der Waals surface area contributed by atoms with Gasteiger partial charge in [0.2, 0.25) is 0 Å². The second kappa shape index (κ2) is 11.1. The van der Waals surface area contributed by atoms with E-state index in [4.69, 9.17) is 19.0 Å². The van der Waals surface area contributed by atoms with Crippen LogP contribution < -0.4 is 11.1 Å². The third kappa shape index (κ3) is 14.5. The summed E-state index contributed by atoms with van der Waals surface area (Å²) in [6.45, 7) is 6.08. The van der Waals surface area contributed by atoms with E-state index in [1.165, 1.54) is 0 Å². The number of hydrogen-bond donors (Lipinski definition) is 2. The topological polar surface area (TPSA) is 65.7 Å². The number of hydrogen-bond acceptors (Lipinski definition) is 5. The molecule has 88 valence electrons. The van der Waals surface area contributed by atoms with Gasteiger partial charge in [0, 0.05) is 27.4 Å². The van der Waals surface area contributed by atoms with Crippen molar-refractivity contribution in [2.45, 2.75) is 33.0 Å². The van der Waals surface area contributed by atoms with E-state index in [0.29, 0.717) is 6.04 Å². The van der Waals surface area contributed by atoms with E-state index in [1.54, 1.807) is 21.3 Å². The Morgan fingerprint density at radius 2 is 1.36 bits per heavy atom. The highest BCUT2D eigenvalue weighted by Crippen LogP contribution is 1.81. The predicted octanol–water partition coefficient (Wildman–Crippen LogP) is -0.0681. The molecule has 0 radical (unpaired) electrons. The molecule has 0 saturated carbocycles. The molecule has 0 fully saturated rings. The quantitative estimate of drug-likeness (QED) is 0.505. The Morgan fingerprint density at radius 1 is 1.00 bits per heavy atom. The molecule has 0 aromatic rings. The zero-order chi connectivity index (χ0) is 11.6. The van der Waals surface area contributed by atoms with E-state index in [0.717, 1.165) is 0 Å². The molecule has 0 heterocycles. The van der Waals surface area contributed by atoms with Crippen molar-refractivity contribution in [3.05, 3.63) is 0 Å². The second-order valence-corrected chi connectivity index (χ2v) is 5.10. The van der Waals surface area contributed by atoms with Crippen LogP contribution in [0.2, 0.25) is 0 Å². The molecule has 0 amide bonds. The number of nitrogens with two attached hydrogens (primary N) is 1. The van der Waals surface area contributed by atoms with Gasteiger partial charge in [-0.2, -0.15) is 0 Å². The predicted molar refractivity (Wildman–Crippen MR) is 60.1 cm³/mol. The van der Waals surface area contributed by atoms with Gasteiger partial charge in [-0.15, -0.1) is 0 Å². The molecule has 5 nitrogen and oxygen atoms in total. The maximum Gasteiger partial charge on any atom is 0.483 e. The lowest BCUT2D eigenvalue weighted by Gasteiger charge is -2.10. The maximum atomic E-state index is 5.38. The Bertz CT molecular complexity index is 99.2. The average molecular weight is 224 g/mol. The van der Waals surface area contributed by atoms with Crippen LogP contribution >= 0.6 is 0 Å². The van der Waals surface area contributed by atoms with Gasteiger partial charge >= 0.3 is 9.53 Å². The van der Waals surface area contributed by atoms with Crippen molar-refractivity contribution in [1.82, 2.24) is 5.32 Å². The van der Waals surface area contributed by atoms with Gasteiger partial charge in [-0.3, -0.25) is 0 Å². The molecule has 0 aliphatic heterocycles. The molecule has 0 spiro atoms. The van der Waals surface area contributed by atoms with E-state index in [2.05, 4.69) is 19.2 Å². The van der Waals surface area contributed by atoms with E-state index in [1.807, 2.05) is 6.92 Å². The molecule has 0 rings (SSSR count). The van der Waals surface area contributed by atoms with Crippen LogP contribution in [-0.4, -0.2) is 43.1 Å². The Hall–Kier alpha value is 0.0169. The minimum Gasteiger partial charge on any atom is -0.379 e. The van der Waals surface area contributed by atoms with Crippen molar-refractivity contribution in [1.29, 1.82) is 0 Å². The zero-order valence-electron chi connectivity index (χ0n) is 10.0. The van der Waals surface area contributed by atoms with Crippen molar-refractivity contribution in [2.24, 2.45) is 5.73 Å². The summed E-state index contributed by atoms with van der Waals surface area (Å²) in [4.78, 5) is 0. The van der Waals surface area contributed by atoms with Crippen molar-refractivity contribution < 1.29 is 13.3 Å². The fraction of sp³-hybridized carbons (Fsp3) is 1.00. The van der Waals surface area contributed by atoms with Crippen molar-refractivity contribution in [3.8, 4) is 0 Å². The molecule has 0 aliphatic carbocycles. The molecule has 14 heavy (non-hydrogen) atoms. The van der Waals surface area contributed by atoms with Crippen LogP contribution in [0.3, 0.4) is 0 Å². The Labute approximate surface area is 88.9 Å². The van der Waals surface area contributed by atoms with Crippen LogP contribution in [0.15, 0.2) is 0 Å². The maximum absolute atomic E-state index is 5.38. The molecule has 0 aromatic heterocycles. The van der Waals surface area contributed by atoms with Crippen LogP contribution in [-0.2, 0) is 13.3 Å². The first kappa shape index (κ1) is 16.4. The molecule has 1 unspecified atom stereocenters. The summed E-state index contributed by atoms with van der Waals surface area (Å²) >= 11 is 0. The summed E-state index contributed by atoms with van der Waals surface area (Å²) in [6, 6.07) is 0.500. The summed E-state index contributed by atoms with van der Waals surface area (Å²) in [7, 11) is 3.05. The molecule has 3 N–H and O–H groups in total. The highest BCUT2D eigenvalue weighted by molar-refractivity contribution is 6.36. The van der Waals surface area contributed by atoms with Gasteiger partial charge in [0.05, 0.1) is 6.17 Å². The van der Waals surface area contributed by atoms with Crippen molar-refractivity contribution in [3.63, 3.8) is 0 Å². The highest BCUT2D eigenvalue weighted by atomic mass is 28.3. The number of nitrogens with one attached hydrogen (secondary N) is 1. The second-order valence-electron chi connectivity index (χ2n) is 3.11. The highest BCUT2D eigenvalue weighted by Gasteiger charge is 2.04. The molecule has 0 aliphatic rings. The first-order valence-electron chi connectivity index (χ1n) is 4.57. The summed E-state index contributed by atoms with van der Waals surface area (Å²) in [5, 5.41) is 3.08. The lowest BCUT2D eigenvalue weighted by atomic mass is 10.4. The SMILES string of the molecule is CC(C)NC(C)N.CO[SiH](OC)OC. The van der Waals surface area contributed by atoms with Crippen molar-refractivity contribution >= 4 is 9.53 Å². The molecular formula is C8H24N2O3Si. The summed E-state index contributed by atoms with van der Waals surface area (Å²) in [5.41, 5.74) is 5.38. The number of rotatable bonds is 5. The summed E-state index contributed by atoms with van der Waals surface area (Å²) in [5.74, 6) is 0. The molecule has 0 aromatic carbocycles. The normalized spacial score (nSPS) is 12.6. The Morgan fingerprint density at radius 3 is 1.36 bits per heavy atom. The third-order valence-corrected chi connectivity index (χ3v) is 2.33. The standard InChI is InChI=1S/C5H14N2.C3H10O3Si/c1-4(2)7-5(3)6;1-4-7(5-2)6-3/h4-5,7H,6H2,1-3H3;7H,1-3H3. The van der Waals surface area contributed by atoms with Gasteiger partial charge < -0.3 is 24.3 Å². The zero-order valence-corrected chi connectivity index (χ0v) is 11.2. The first-order chi connectivity index (χ1) is 6.47. The first-order valence-corrected chi connectivity index (χ1v) is 5.99. The smallest absolute Gasteiger partial charge is 0.379 e. The van der Waals surface area contributed by atoms with E-state index in [9.17, 15) is 0 Å². The van der Waals surface area contributed by atoms with Crippen LogP contribution in [0.5, 0.6) is 0 Å². The molecule has 6 heteroatoms. The molecular weight excluding hydrogens is 200 g/mol. The molecule has 1 atom stereocenters. The van der Waals surface area contributed by atoms with Crippen LogP contribution in [0.1, 0.15) is 20.8 Å². The molecule has 0 saturated heterocycles. The van der Waals surface area contributed by atoms with Crippen molar-refractivity contribution in [2.75, 3.05) is 21.3 Å². The Kier molecular flexibility index (Phi) is 13.0. The molecule has 0 bridgehead atoms. The van der Waals surface area contributed by atoms with E-state index in [-0.39, 0.29) is 6.17 Å². The van der Waals surface area contributed by atoms with Gasteiger partial charge in [-0.1, -0.05) is 0 Å². The van der Waals surface area contributed by atoms with Gasteiger partial charge in [-0.25, -0.2) is 0 Å². The minimum absolute atomic E-state index is 0.125. The van der Waals surface area contributed by atoms with Gasteiger partial charge in [0.25, 0.3) is 0 Å². The Balaban J connectivity index is 0. The van der Waals surface area contributed by atoms with Crippen LogP contribution in [0.25, 0.3) is 0 Å². The lowest BCUT2D eigenvalue weighted by molar-refractivity contribution is 0.163. The van der Waals surface area contributed by atoms with Crippen LogP contribution in [0, 0.1) is 0 Å². The summed E-state index contributed by atoms with van der Waals surface area (Å²) in [6.07, 6.45) is 0.125. The third-order valence-electron chi connectivity index (χ3n) is 1.17. The summed E-state index contributed by atoms with van der Waals surface area (Å²) < 4.78 is 14.2. The van der Waals surface area contributed by atoms with E-state index >= 15 is 0 Å². The lowest BCUT2D eigenvalue weighted by Crippen LogP contribution is -2.38.